The van der Waals surface area contributed by atoms with Gasteiger partial charge in [-0.05, 0) is 86.3 Å². The lowest BCUT2D eigenvalue weighted by Crippen LogP contribution is -2.07. The van der Waals surface area contributed by atoms with E-state index >= 15 is 0 Å². The molecule has 0 saturated carbocycles. The molecule has 0 aliphatic carbocycles. The van der Waals surface area contributed by atoms with Crippen LogP contribution in [-0.4, -0.2) is 54.8 Å². The van der Waals surface area contributed by atoms with Crippen molar-refractivity contribution < 1.29 is 48.0 Å². The summed E-state index contributed by atoms with van der Waals surface area (Å²) in [6.07, 6.45) is 3.56. The molecule has 0 amide bonds. The number of rotatable bonds is 18. The van der Waals surface area contributed by atoms with Crippen molar-refractivity contribution in [2.24, 2.45) is 0 Å². The number of phenolic OH excluding ortho intramolecular Hbond substituents is 1. The van der Waals surface area contributed by atoms with E-state index in [9.17, 15) is 19.2 Å². The van der Waals surface area contributed by atoms with Crippen molar-refractivity contribution in [2.45, 2.75) is 60.2 Å². The Morgan fingerprint density at radius 2 is 1.12 bits per heavy atom. The van der Waals surface area contributed by atoms with Gasteiger partial charge in [0.1, 0.15) is 48.8 Å². The van der Waals surface area contributed by atoms with Gasteiger partial charge in [0.05, 0.1) is 19.8 Å². The summed E-state index contributed by atoms with van der Waals surface area (Å²) in [5.41, 5.74) is 2.95. The number of carbonyl (C=O) groups excluding carboxylic acids is 4. The number of benzene rings is 4. The first-order chi connectivity index (χ1) is 24.8. The summed E-state index contributed by atoms with van der Waals surface area (Å²) in [5.74, 6) is 1.96. The summed E-state index contributed by atoms with van der Waals surface area (Å²) < 4.78 is 26.6. The van der Waals surface area contributed by atoms with E-state index in [4.69, 9.17) is 28.8 Å². The van der Waals surface area contributed by atoms with E-state index in [0.717, 1.165) is 40.7 Å². The van der Waals surface area contributed by atoms with Gasteiger partial charge in [-0.15, -0.1) is 0 Å². The van der Waals surface area contributed by atoms with Gasteiger partial charge in [-0.2, -0.15) is 0 Å². The first-order valence-electron chi connectivity index (χ1n) is 16.5. The van der Waals surface area contributed by atoms with E-state index in [-0.39, 0.29) is 38.1 Å². The molecule has 4 aromatic rings. The van der Waals surface area contributed by atoms with E-state index < -0.39 is 0 Å². The summed E-state index contributed by atoms with van der Waals surface area (Å²) in [6, 6.07) is 28.1. The zero-order valence-electron chi connectivity index (χ0n) is 29.0. The Hall–Kier alpha value is -5.16. The van der Waals surface area contributed by atoms with Crippen molar-refractivity contribution in [3.63, 3.8) is 0 Å². The van der Waals surface area contributed by atoms with E-state index in [2.05, 4.69) is 15.9 Å². The number of halogens is 1. The van der Waals surface area contributed by atoms with Crippen molar-refractivity contribution in [3.8, 4) is 23.0 Å². The lowest BCUT2D eigenvalue weighted by Gasteiger charge is -2.08. The van der Waals surface area contributed by atoms with Crippen molar-refractivity contribution in [1.29, 1.82) is 0 Å². The number of esters is 2. The molecular formula is C41H49BrO10. The Morgan fingerprint density at radius 3 is 1.56 bits per heavy atom. The Labute approximate surface area is 315 Å². The zero-order valence-corrected chi connectivity index (χ0v) is 30.5. The molecule has 0 saturated heterocycles. The lowest BCUT2D eigenvalue weighted by molar-refractivity contribution is -0.146. The van der Waals surface area contributed by atoms with Gasteiger partial charge < -0.3 is 28.8 Å². The molecule has 0 aliphatic rings. The number of alkyl halides is 1. The van der Waals surface area contributed by atoms with E-state index in [1.54, 1.807) is 36.4 Å². The molecule has 4 aromatic carbocycles. The number of ether oxygens (including phenoxy) is 5. The summed E-state index contributed by atoms with van der Waals surface area (Å²) in [5, 5.41) is 9.61. The van der Waals surface area contributed by atoms with Crippen LogP contribution in [0.15, 0.2) is 97.1 Å². The molecule has 0 bridgehead atoms. The zero-order chi connectivity index (χ0) is 37.1. The van der Waals surface area contributed by atoms with Crippen LogP contribution in [0.2, 0.25) is 0 Å². The third-order valence-electron chi connectivity index (χ3n) is 6.58. The molecule has 0 atom stereocenters. The molecule has 0 fully saturated rings. The monoisotopic (exact) mass is 780 g/mol. The van der Waals surface area contributed by atoms with Crippen molar-refractivity contribution in [3.05, 3.63) is 119 Å². The normalized spacial score (nSPS) is 9.67. The van der Waals surface area contributed by atoms with Crippen LogP contribution in [0.25, 0.3) is 0 Å². The number of phenols is 1. The molecule has 0 spiro atoms. The van der Waals surface area contributed by atoms with E-state index in [1.807, 2.05) is 62.4 Å². The Bertz CT molecular complexity index is 1590. The molecular weight excluding hydrogens is 732 g/mol. The second-order valence-corrected chi connectivity index (χ2v) is 11.4. The Morgan fingerprint density at radius 1 is 0.635 bits per heavy atom. The van der Waals surface area contributed by atoms with Crippen molar-refractivity contribution in [2.75, 3.05) is 25.2 Å². The van der Waals surface area contributed by atoms with Crippen LogP contribution < -0.4 is 14.2 Å². The number of hydrogen-bond acceptors (Lipinski definition) is 10. The van der Waals surface area contributed by atoms with Gasteiger partial charge in [-0.1, -0.05) is 71.9 Å². The van der Waals surface area contributed by atoms with Gasteiger partial charge in [-0.25, -0.2) is 0 Å². The summed E-state index contributed by atoms with van der Waals surface area (Å²) in [6.45, 7) is 6.11. The summed E-state index contributed by atoms with van der Waals surface area (Å²) in [4.78, 5) is 43.8. The van der Waals surface area contributed by atoms with Gasteiger partial charge in [0, 0.05) is 29.3 Å². The van der Waals surface area contributed by atoms with Crippen molar-refractivity contribution in [1.82, 2.24) is 0 Å². The maximum absolute atomic E-state index is 11.7. The lowest BCUT2D eigenvalue weighted by atomic mass is 10.2. The summed E-state index contributed by atoms with van der Waals surface area (Å²) >= 11 is 3.27. The fourth-order valence-corrected chi connectivity index (χ4v) is 4.34. The van der Waals surface area contributed by atoms with Gasteiger partial charge in [0.2, 0.25) is 0 Å². The Kier molecular flexibility index (Phi) is 23.8. The molecule has 4 rings (SSSR count). The minimum Gasteiger partial charge on any atom is -0.508 e. The first-order valence-corrected chi connectivity index (χ1v) is 17.6. The molecule has 0 aromatic heterocycles. The predicted molar refractivity (Wildman–Crippen MR) is 205 cm³/mol. The molecule has 0 unspecified atom stereocenters. The smallest absolute Gasteiger partial charge is 0.306 e. The quantitative estimate of drug-likeness (QED) is 0.0451. The molecule has 0 aliphatic heterocycles. The molecule has 0 radical (unpaired) electrons. The van der Waals surface area contributed by atoms with Gasteiger partial charge in [0.15, 0.2) is 0 Å². The first kappa shape index (κ1) is 44.9. The fraction of sp³-hybridized carbons (Fsp3) is 0.317. The van der Waals surface area contributed by atoms with E-state index in [1.165, 1.54) is 12.1 Å². The largest absolute Gasteiger partial charge is 0.508 e. The van der Waals surface area contributed by atoms with Crippen LogP contribution in [0.4, 0.5) is 0 Å². The van der Waals surface area contributed by atoms with Gasteiger partial charge in [-0.3, -0.25) is 19.2 Å². The maximum atomic E-state index is 11.7. The number of carbonyl (C=O) groups is 4. The molecule has 0 heterocycles. The van der Waals surface area contributed by atoms with Crippen LogP contribution in [0.5, 0.6) is 23.0 Å². The van der Waals surface area contributed by atoms with Crippen LogP contribution in [0.1, 0.15) is 78.8 Å². The molecule has 52 heavy (non-hydrogen) atoms. The van der Waals surface area contributed by atoms with Crippen LogP contribution in [0.3, 0.4) is 0 Å². The van der Waals surface area contributed by atoms with Gasteiger partial charge in [0.25, 0.3) is 0 Å². The molecule has 11 heteroatoms. The average Bonchev–Trinajstić information content (AvgIpc) is 3.16. The highest BCUT2D eigenvalue weighted by Gasteiger charge is 2.05. The topological polar surface area (TPSA) is 135 Å². The molecule has 1 N–H and O–H groups in total. The fourth-order valence-electron chi connectivity index (χ4n) is 4.06. The maximum Gasteiger partial charge on any atom is 0.306 e. The highest BCUT2D eigenvalue weighted by atomic mass is 79.9. The average molecular weight is 782 g/mol. The van der Waals surface area contributed by atoms with Crippen LogP contribution in [0, 0.1) is 0 Å². The highest BCUT2D eigenvalue weighted by Crippen LogP contribution is 2.15. The standard InChI is InChI=1S/C20H22O5.C13H17BrO3.C7H6O2.CH4/c1-2-23-18-10-8-16(9-11-18)15-25-20(22)7-4-12-24-19-6-3-5-17(13-19)14-21;1-2-16-12-7-5-11(6-8-12)10-17-13(15)4-3-9-14;8-5-6-2-1-3-7(9)4-6;/h3,5-6,8-11,13-14H,2,4,7,12,15H2,1H3;5-8H,2-4,9-10H2,1H3;1-5,9H;1H4. The van der Waals surface area contributed by atoms with Crippen LogP contribution >= 0.6 is 15.9 Å². The molecule has 10 nitrogen and oxygen atoms in total. The van der Waals surface area contributed by atoms with Gasteiger partial charge >= 0.3 is 11.9 Å². The highest BCUT2D eigenvalue weighted by molar-refractivity contribution is 9.09. The number of aromatic hydroxyl groups is 1. The van der Waals surface area contributed by atoms with Crippen LogP contribution in [-0.2, 0) is 32.3 Å². The minimum absolute atomic E-state index is 0. The third kappa shape index (κ3) is 19.9. The number of hydrogen-bond donors (Lipinski definition) is 1. The molecule has 280 valence electrons. The minimum atomic E-state index is -0.265. The van der Waals surface area contributed by atoms with E-state index in [0.29, 0.717) is 62.4 Å². The summed E-state index contributed by atoms with van der Waals surface area (Å²) in [7, 11) is 0. The van der Waals surface area contributed by atoms with Crippen molar-refractivity contribution >= 4 is 40.4 Å². The third-order valence-corrected chi connectivity index (χ3v) is 7.14. The predicted octanol–water partition coefficient (Wildman–Crippen LogP) is 8.94. The second kappa shape index (κ2) is 27.5. The SMILES string of the molecule is C.CCOc1ccc(COC(=O)CCCBr)cc1.CCOc1ccc(COC(=O)CCCOc2cccc(C=O)c2)cc1.O=Cc1cccc(O)c1. The number of aldehydes is 2. The Balaban J connectivity index is 0.000000431. The second-order valence-electron chi connectivity index (χ2n) is 10.6.